The first-order valence-corrected chi connectivity index (χ1v) is 11.2. The highest BCUT2D eigenvalue weighted by Gasteiger charge is 2.20. The van der Waals surface area contributed by atoms with E-state index in [-0.39, 0.29) is 6.03 Å². The van der Waals surface area contributed by atoms with Gasteiger partial charge < -0.3 is 20.1 Å². The fourth-order valence-corrected chi connectivity index (χ4v) is 4.28. The number of anilines is 2. The van der Waals surface area contributed by atoms with Crippen LogP contribution in [0.25, 0.3) is 22.4 Å². The Morgan fingerprint density at radius 1 is 0.938 bits per heavy atom. The number of urea groups is 1. The minimum atomic E-state index is -0.0582. The fraction of sp³-hybridized carbons (Fsp3) is 0.200. The van der Waals surface area contributed by atoms with Crippen molar-refractivity contribution < 1.29 is 4.79 Å². The van der Waals surface area contributed by atoms with Crippen molar-refractivity contribution in [1.82, 2.24) is 14.9 Å². The molecule has 2 N–H and O–H groups in total. The molecule has 1 saturated heterocycles. The maximum absolute atomic E-state index is 12.7. The minimum absolute atomic E-state index is 0.0582. The largest absolute Gasteiger partial charge is 0.370 e. The van der Waals surface area contributed by atoms with Crippen LogP contribution in [0.15, 0.2) is 72.8 Å². The Balaban J connectivity index is 1.32. The Bertz CT molecular complexity index is 1210. The van der Waals surface area contributed by atoms with E-state index in [4.69, 9.17) is 16.6 Å². The molecule has 0 radical (unpaired) electrons. The van der Waals surface area contributed by atoms with Crippen LogP contribution in [0.5, 0.6) is 0 Å². The van der Waals surface area contributed by atoms with Crippen LogP contribution in [-0.2, 0) is 0 Å². The lowest BCUT2D eigenvalue weighted by Crippen LogP contribution is -2.38. The van der Waals surface area contributed by atoms with Crippen molar-refractivity contribution >= 4 is 40.0 Å². The maximum atomic E-state index is 12.7. The highest BCUT2D eigenvalue weighted by molar-refractivity contribution is 6.33. The van der Waals surface area contributed by atoms with Crippen molar-refractivity contribution in [3.05, 3.63) is 77.8 Å². The molecule has 1 aromatic heterocycles. The molecule has 0 atom stereocenters. The second-order valence-corrected chi connectivity index (χ2v) is 8.30. The van der Waals surface area contributed by atoms with Gasteiger partial charge in [-0.1, -0.05) is 41.9 Å². The zero-order chi connectivity index (χ0) is 21.9. The Morgan fingerprint density at radius 2 is 1.75 bits per heavy atom. The summed E-state index contributed by atoms with van der Waals surface area (Å²) < 4.78 is 0. The van der Waals surface area contributed by atoms with Crippen LogP contribution in [0.3, 0.4) is 0 Å². The summed E-state index contributed by atoms with van der Waals surface area (Å²) >= 11 is 6.53. The number of imidazole rings is 1. The van der Waals surface area contributed by atoms with Crippen molar-refractivity contribution in [2.75, 3.05) is 36.4 Å². The molecule has 2 amide bonds. The highest BCUT2D eigenvalue weighted by atomic mass is 35.5. The number of fused-ring (bicyclic) bond motifs is 1. The number of para-hydroxylation sites is 3. The number of nitrogens with zero attached hydrogens (tertiary/aromatic N) is 3. The van der Waals surface area contributed by atoms with Crippen LogP contribution in [0.4, 0.5) is 16.2 Å². The summed E-state index contributed by atoms with van der Waals surface area (Å²) in [6.07, 6.45) is 0.894. The molecule has 1 aliphatic rings. The quantitative estimate of drug-likeness (QED) is 0.429. The van der Waals surface area contributed by atoms with Gasteiger partial charge in [0.1, 0.15) is 5.82 Å². The summed E-state index contributed by atoms with van der Waals surface area (Å²) in [6.45, 7) is 3.00. The topological polar surface area (TPSA) is 64.3 Å². The first kappa shape index (κ1) is 20.4. The van der Waals surface area contributed by atoms with Crippen LogP contribution in [0, 0.1) is 0 Å². The molecule has 2 heterocycles. The molecule has 4 aromatic rings. The van der Waals surface area contributed by atoms with E-state index >= 15 is 0 Å². The smallest absolute Gasteiger partial charge is 0.321 e. The average Bonchev–Trinajstić information content (AvgIpc) is 3.09. The van der Waals surface area contributed by atoms with Crippen LogP contribution in [0.1, 0.15) is 6.42 Å². The Morgan fingerprint density at radius 3 is 2.59 bits per heavy atom. The van der Waals surface area contributed by atoms with Crippen molar-refractivity contribution in [2.24, 2.45) is 0 Å². The van der Waals surface area contributed by atoms with Gasteiger partial charge in [-0.25, -0.2) is 9.78 Å². The second-order valence-electron chi connectivity index (χ2n) is 7.89. The van der Waals surface area contributed by atoms with Gasteiger partial charge in [0, 0.05) is 43.1 Å². The molecule has 5 rings (SSSR count). The van der Waals surface area contributed by atoms with Crippen LogP contribution >= 0.6 is 11.6 Å². The molecule has 1 aliphatic heterocycles. The first-order valence-electron chi connectivity index (χ1n) is 10.8. The van der Waals surface area contributed by atoms with Crippen molar-refractivity contribution in [2.45, 2.75) is 6.42 Å². The number of hydrogen-bond acceptors (Lipinski definition) is 3. The maximum Gasteiger partial charge on any atom is 0.321 e. The SMILES string of the molecule is O=C(Nc1ccccc1)N1CCCN(c2ccc(Cl)c(-c3nc4ccccc4[nH]3)c2)CC1. The van der Waals surface area contributed by atoms with E-state index in [0.29, 0.717) is 11.6 Å². The normalized spacial score (nSPS) is 14.4. The Labute approximate surface area is 191 Å². The second kappa shape index (κ2) is 8.93. The third-order valence-electron chi connectivity index (χ3n) is 5.77. The monoisotopic (exact) mass is 445 g/mol. The zero-order valence-corrected chi connectivity index (χ0v) is 18.3. The molecule has 32 heavy (non-hydrogen) atoms. The summed E-state index contributed by atoms with van der Waals surface area (Å²) in [6, 6.07) is 23.5. The van der Waals surface area contributed by atoms with Crippen LogP contribution in [-0.4, -0.2) is 47.1 Å². The van der Waals surface area contributed by atoms with E-state index in [0.717, 1.165) is 59.9 Å². The molecule has 0 aliphatic carbocycles. The number of carbonyl (C=O) groups excluding carboxylic acids is 1. The lowest BCUT2D eigenvalue weighted by Gasteiger charge is -2.24. The summed E-state index contributed by atoms with van der Waals surface area (Å²) in [5, 5.41) is 3.64. The van der Waals surface area contributed by atoms with Gasteiger partial charge in [-0.2, -0.15) is 0 Å². The average molecular weight is 446 g/mol. The van der Waals surface area contributed by atoms with Gasteiger partial charge >= 0.3 is 6.03 Å². The predicted octanol–water partition coefficient (Wildman–Crippen LogP) is 5.63. The molecule has 1 fully saturated rings. The number of halogens is 1. The van der Waals surface area contributed by atoms with E-state index in [1.807, 2.05) is 71.6 Å². The van der Waals surface area contributed by atoms with Crippen molar-refractivity contribution in [3.63, 3.8) is 0 Å². The van der Waals surface area contributed by atoms with Crippen LogP contribution in [0.2, 0.25) is 5.02 Å². The molecular formula is C25H24ClN5O. The molecule has 6 nitrogen and oxygen atoms in total. The molecule has 3 aromatic carbocycles. The van der Waals surface area contributed by atoms with E-state index in [9.17, 15) is 4.79 Å². The molecule has 162 valence electrons. The summed E-state index contributed by atoms with van der Waals surface area (Å²) in [5.74, 6) is 0.761. The first-order chi connectivity index (χ1) is 15.7. The number of hydrogen-bond donors (Lipinski definition) is 2. The number of aromatic amines is 1. The van der Waals surface area contributed by atoms with Gasteiger partial charge in [0.05, 0.1) is 16.1 Å². The number of H-pyrrole nitrogens is 1. The Kier molecular flexibility index (Phi) is 5.69. The van der Waals surface area contributed by atoms with E-state index < -0.39 is 0 Å². The number of carbonyl (C=O) groups is 1. The zero-order valence-electron chi connectivity index (χ0n) is 17.6. The number of amides is 2. The third kappa shape index (κ3) is 4.27. The lowest BCUT2D eigenvalue weighted by atomic mass is 10.1. The molecule has 0 saturated carbocycles. The molecular weight excluding hydrogens is 422 g/mol. The number of benzene rings is 3. The summed E-state index contributed by atoms with van der Waals surface area (Å²) in [5.41, 5.74) is 4.67. The number of aromatic nitrogens is 2. The Hall–Kier alpha value is -3.51. The third-order valence-corrected chi connectivity index (χ3v) is 6.10. The van der Waals surface area contributed by atoms with Gasteiger partial charge in [-0.15, -0.1) is 0 Å². The predicted molar refractivity (Wildman–Crippen MR) is 130 cm³/mol. The molecule has 0 unspecified atom stereocenters. The summed E-state index contributed by atoms with van der Waals surface area (Å²) in [7, 11) is 0. The molecule has 0 spiro atoms. The standard InChI is InChI=1S/C25H24ClN5O/c26-21-12-11-19(17-20(21)24-28-22-9-4-5-10-23(22)29-24)30-13-6-14-31(16-15-30)25(32)27-18-7-2-1-3-8-18/h1-5,7-12,17H,6,13-16H2,(H,27,32)(H,28,29). The van der Waals surface area contributed by atoms with Gasteiger partial charge in [0.25, 0.3) is 0 Å². The highest BCUT2D eigenvalue weighted by Crippen LogP contribution is 2.32. The van der Waals surface area contributed by atoms with E-state index in [2.05, 4.69) is 21.3 Å². The number of nitrogens with one attached hydrogen (secondary N) is 2. The van der Waals surface area contributed by atoms with Gasteiger partial charge in [0.15, 0.2) is 0 Å². The van der Waals surface area contributed by atoms with Gasteiger partial charge in [-0.05, 0) is 48.9 Å². The number of rotatable bonds is 3. The van der Waals surface area contributed by atoms with Crippen molar-refractivity contribution in [1.29, 1.82) is 0 Å². The van der Waals surface area contributed by atoms with E-state index in [1.165, 1.54) is 0 Å². The molecule has 0 bridgehead atoms. The van der Waals surface area contributed by atoms with Crippen molar-refractivity contribution in [3.8, 4) is 11.4 Å². The van der Waals surface area contributed by atoms with Crippen LogP contribution < -0.4 is 10.2 Å². The molecule has 7 heteroatoms. The summed E-state index contributed by atoms with van der Waals surface area (Å²) in [4.78, 5) is 24.9. The van der Waals surface area contributed by atoms with Gasteiger partial charge in [0.2, 0.25) is 0 Å². The van der Waals surface area contributed by atoms with Gasteiger partial charge in [-0.3, -0.25) is 0 Å². The van der Waals surface area contributed by atoms with E-state index in [1.54, 1.807) is 0 Å². The fourth-order valence-electron chi connectivity index (χ4n) is 4.07. The minimum Gasteiger partial charge on any atom is -0.370 e. The lowest BCUT2D eigenvalue weighted by molar-refractivity contribution is 0.215.